The van der Waals surface area contributed by atoms with Crippen LogP contribution in [0.4, 0.5) is 0 Å². The fourth-order valence-corrected chi connectivity index (χ4v) is 2.05. The van der Waals surface area contributed by atoms with Gasteiger partial charge in [-0.05, 0) is 13.0 Å². The highest BCUT2D eigenvalue weighted by atomic mass is 16.2. The Morgan fingerprint density at radius 1 is 1.33 bits per heavy atom. The molecule has 0 radical (unpaired) electrons. The topological polar surface area (TPSA) is 56.0 Å². The molecule has 1 N–H and O–H groups in total. The first kappa shape index (κ1) is 10.2. The third-order valence-corrected chi connectivity index (χ3v) is 3.04. The second-order valence-corrected chi connectivity index (χ2v) is 4.00. The summed E-state index contributed by atoms with van der Waals surface area (Å²) in [4.78, 5) is 23.2. The van der Waals surface area contributed by atoms with E-state index in [1.807, 2.05) is 0 Å². The summed E-state index contributed by atoms with van der Waals surface area (Å²) in [7, 11) is 3.22. The van der Waals surface area contributed by atoms with Gasteiger partial charge in [0.1, 0.15) is 0 Å². The summed E-state index contributed by atoms with van der Waals surface area (Å²) in [5.41, 5.74) is 0.373. The third-order valence-electron chi connectivity index (χ3n) is 3.04. The van der Waals surface area contributed by atoms with Crippen LogP contribution >= 0.6 is 0 Å². The highest BCUT2D eigenvalue weighted by Gasteiger charge is 2.20. The lowest BCUT2D eigenvalue weighted by Crippen LogP contribution is -2.38. The molecule has 1 atom stereocenters. The fraction of sp³-hybridized carbons (Fsp3) is 0.600. The van der Waals surface area contributed by atoms with Crippen LogP contribution < -0.4 is 16.6 Å². The minimum absolute atomic E-state index is 0.222. The largest absolute Gasteiger partial charge is 0.330 e. The van der Waals surface area contributed by atoms with Crippen molar-refractivity contribution in [2.24, 2.45) is 14.1 Å². The van der Waals surface area contributed by atoms with Gasteiger partial charge in [0, 0.05) is 38.3 Å². The molecule has 5 heteroatoms. The smallest absolute Gasteiger partial charge is 0.316 e. The molecule has 82 valence electrons. The fourth-order valence-electron chi connectivity index (χ4n) is 2.05. The molecule has 1 aromatic heterocycles. The van der Waals surface area contributed by atoms with Crippen LogP contribution in [0.2, 0.25) is 0 Å². The minimum Gasteiger partial charge on any atom is -0.316 e. The molecule has 0 amide bonds. The van der Waals surface area contributed by atoms with Gasteiger partial charge in [0.05, 0.1) is 0 Å². The first-order chi connectivity index (χ1) is 7.11. The first-order valence-electron chi connectivity index (χ1n) is 5.09. The van der Waals surface area contributed by atoms with Crippen molar-refractivity contribution in [1.29, 1.82) is 0 Å². The van der Waals surface area contributed by atoms with E-state index in [4.69, 9.17) is 0 Å². The van der Waals surface area contributed by atoms with Crippen molar-refractivity contribution in [2.45, 2.75) is 12.3 Å². The molecule has 2 heterocycles. The Labute approximate surface area is 87.3 Å². The minimum atomic E-state index is -0.246. The van der Waals surface area contributed by atoms with Crippen molar-refractivity contribution >= 4 is 0 Å². The van der Waals surface area contributed by atoms with Crippen molar-refractivity contribution in [3.05, 3.63) is 32.6 Å². The van der Waals surface area contributed by atoms with Crippen molar-refractivity contribution in [1.82, 2.24) is 14.5 Å². The van der Waals surface area contributed by atoms with Crippen LogP contribution in [0.15, 0.2) is 15.7 Å². The van der Waals surface area contributed by atoms with Gasteiger partial charge in [0.15, 0.2) is 0 Å². The number of aromatic nitrogens is 2. The van der Waals surface area contributed by atoms with Crippen molar-refractivity contribution in [3.63, 3.8) is 0 Å². The van der Waals surface area contributed by atoms with Crippen molar-refractivity contribution < 1.29 is 0 Å². The van der Waals surface area contributed by atoms with Gasteiger partial charge in [-0.1, -0.05) is 0 Å². The standard InChI is InChI=1S/C10H15N3O2/c1-12-8(7-3-4-11-6-7)5-9(14)13(2)10(12)15/h5,7,11H,3-4,6H2,1-2H3. The second kappa shape index (κ2) is 3.66. The molecule has 1 fully saturated rings. The van der Waals surface area contributed by atoms with E-state index in [9.17, 15) is 9.59 Å². The van der Waals surface area contributed by atoms with E-state index >= 15 is 0 Å². The zero-order valence-corrected chi connectivity index (χ0v) is 8.99. The third kappa shape index (κ3) is 1.63. The average molecular weight is 209 g/mol. The lowest BCUT2D eigenvalue weighted by atomic mass is 10.0. The average Bonchev–Trinajstić information content (AvgIpc) is 2.73. The van der Waals surface area contributed by atoms with E-state index in [1.54, 1.807) is 17.7 Å². The lowest BCUT2D eigenvalue weighted by molar-refractivity contribution is 0.603. The number of hydrogen-bond donors (Lipinski definition) is 1. The molecule has 15 heavy (non-hydrogen) atoms. The summed E-state index contributed by atoms with van der Waals surface area (Å²) < 4.78 is 2.70. The van der Waals surface area contributed by atoms with E-state index in [2.05, 4.69) is 5.32 Å². The Bertz CT molecular complexity index is 480. The van der Waals surface area contributed by atoms with E-state index in [0.29, 0.717) is 0 Å². The van der Waals surface area contributed by atoms with Crippen LogP contribution in [-0.2, 0) is 14.1 Å². The molecule has 1 unspecified atom stereocenters. The SMILES string of the molecule is Cn1c(C2CCNC2)cc(=O)n(C)c1=O. The van der Waals surface area contributed by atoms with Gasteiger partial charge >= 0.3 is 5.69 Å². The van der Waals surface area contributed by atoms with E-state index < -0.39 is 0 Å². The maximum Gasteiger partial charge on any atom is 0.330 e. The van der Waals surface area contributed by atoms with Crippen LogP contribution in [0.3, 0.4) is 0 Å². The highest BCUT2D eigenvalue weighted by Crippen LogP contribution is 2.19. The van der Waals surface area contributed by atoms with Crippen LogP contribution in [0.5, 0.6) is 0 Å². The van der Waals surface area contributed by atoms with Crippen LogP contribution in [0, 0.1) is 0 Å². The summed E-state index contributed by atoms with van der Waals surface area (Å²) in [6.07, 6.45) is 0.987. The Hall–Kier alpha value is -1.36. The summed E-state index contributed by atoms with van der Waals surface area (Å²) in [6, 6.07) is 1.57. The normalized spacial score (nSPS) is 20.8. The lowest BCUT2D eigenvalue weighted by Gasteiger charge is -2.13. The highest BCUT2D eigenvalue weighted by molar-refractivity contribution is 5.11. The summed E-state index contributed by atoms with van der Waals surface area (Å²) >= 11 is 0. The van der Waals surface area contributed by atoms with Crippen molar-refractivity contribution in [2.75, 3.05) is 13.1 Å². The van der Waals surface area contributed by atoms with Gasteiger partial charge in [-0.15, -0.1) is 0 Å². The molecule has 1 saturated heterocycles. The zero-order valence-electron chi connectivity index (χ0n) is 8.99. The molecule has 5 nitrogen and oxygen atoms in total. The van der Waals surface area contributed by atoms with Gasteiger partial charge in [0.25, 0.3) is 5.56 Å². The molecular weight excluding hydrogens is 194 g/mol. The summed E-state index contributed by atoms with van der Waals surface area (Å²) in [5, 5.41) is 3.23. The van der Waals surface area contributed by atoms with E-state index in [-0.39, 0.29) is 17.2 Å². The summed E-state index contributed by atoms with van der Waals surface area (Å²) in [5.74, 6) is 0.289. The maximum absolute atomic E-state index is 11.7. The number of nitrogens with zero attached hydrogens (tertiary/aromatic N) is 2. The second-order valence-electron chi connectivity index (χ2n) is 4.00. The molecule has 1 aromatic rings. The van der Waals surface area contributed by atoms with Gasteiger partial charge in [-0.3, -0.25) is 9.36 Å². The molecule has 1 aliphatic heterocycles. The Kier molecular flexibility index (Phi) is 2.48. The summed E-state index contributed by atoms with van der Waals surface area (Å²) in [6.45, 7) is 1.80. The van der Waals surface area contributed by atoms with Crippen LogP contribution in [-0.4, -0.2) is 22.2 Å². The number of nitrogens with one attached hydrogen (secondary N) is 1. The molecule has 0 aliphatic carbocycles. The van der Waals surface area contributed by atoms with Gasteiger partial charge in [0.2, 0.25) is 0 Å². The van der Waals surface area contributed by atoms with Gasteiger partial charge in [-0.25, -0.2) is 4.79 Å². The maximum atomic E-state index is 11.7. The Morgan fingerprint density at radius 3 is 2.67 bits per heavy atom. The zero-order chi connectivity index (χ0) is 11.0. The molecule has 0 spiro atoms. The monoisotopic (exact) mass is 209 g/mol. The first-order valence-corrected chi connectivity index (χ1v) is 5.09. The number of rotatable bonds is 1. The molecule has 0 saturated carbocycles. The Morgan fingerprint density at radius 2 is 2.07 bits per heavy atom. The number of hydrogen-bond acceptors (Lipinski definition) is 3. The molecule has 1 aliphatic rings. The van der Waals surface area contributed by atoms with Gasteiger partial charge in [-0.2, -0.15) is 0 Å². The quantitative estimate of drug-likeness (QED) is 0.656. The Balaban J connectivity index is 2.57. The molecule has 2 rings (SSSR count). The van der Waals surface area contributed by atoms with E-state index in [0.717, 1.165) is 29.8 Å². The van der Waals surface area contributed by atoms with Crippen LogP contribution in [0.1, 0.15) is 18.0 Å². The van der Waals surface area contributed by atoms with E-state index in [1.165, 1.54) is 7.05 Å². The predicted molar refractivity (Wildman–Crippen MR) is 57.2 cm³/mol. The van der Waals surface area contributed by atoms with Crippen molar-refractivity contribution in [3.8, 4) is 0 Å². The predicted octanol–water partition coefficient (Wildman–Crippen LogP) is -0.839. The van der Waals surface area contributed by atoms with Crippen LogP contribution in [0.25, 0.3) is 0 Å². The molecular formula is C10H15N3O2. The molecule has 0 bridgehead atoms. The molecule has 0 aromatic carbocycles. The van der Waals surface area contributed by atoms with Gasteiger partial charge < -0.3 is 9.88 Å².